The molecule has 0 aromatic rings. The van der Waals surface area contributed by atoms with Crippen molar-refractivity contribution in [3.8, 4) is 0 Å². The van der Waals surface area contributed by atoms with Gasteiger partial charge < -0.3 is 5.32 Å². The third-order valence-corrected chi connectivity index (χ3v) is 5.24. The van der Waals surface area contributed by atoms with E-state index in [0.29, 0.717) is 25.6 Å². The first-order valence-electron chi connectivity index (χ1n) is 7.20. The van der Waals surface area contributed by atoms with Crippen LogP contribution in [0.4, 0.5) is 0 Å². The summed E-state index contributed by atoms with van der Waals surface area (Å²) in [5.41, 5.74) is 0. The molecule has 0 heterocycles. The third kappa shape index (κ3) is 6.71. The predicted octanol–water partition coefficient (Wildman–Crippen LogP) is 2.07. The molecule has 0 aliphatic heterocycles. The van der Waals surface area contributed by atoms with Gasteiger partial charge in [-0.1, -0.05) is 40.5 Å². The number of hydrogen-bond donors (Lipinski definition) is 1. The van der Waals surface area contributed by atoms with Crippen LogP contribution in [0.2, 0.25) is 0 Å². The maximum absolute atomic E-state index is 12.2. The number of nitrogens with one attached hydrogen (secondary N) is 1. The Hall–Kier alpha value is -0.130. The Balaban J connectivity index is 4.33. The van der Waals surface area contributed by atoms with Crippen molar-refractivity contribution in [3.63, 3.8) is 0 Å². The molecule has 0 aromatic carbocycles. The van der Waals surface area contributed by atoms with E-state index in [1.54, 1.807) is 4.31 Å². The summed E-state index contributed by atoms with van der Waals surface area (Å²) >= 11 is 0. The standard InChI is InChI=1S/C13H30N2O2S/c1-5-9-14-10-11-18(16,17)15(8-4)12-13(6-2)7-3/h13-14H,5-12H2,1-4H3. The predicted molar refractivity (Wildman–Crippen MR) is 78.3 cm³/mol. The lowest BCUT2D eigenvalue weighted by molar-refractivity contribution is 0.339. The summed E-state index contributed by atoms with van der Waals surface area (Å²) in [6, 6.07) is 0. The van der Waals surface area contributed by atoms with Crippen molar-refractivity contribution in [2.45, 2.75) is 47.0 Å². The van der Waals surface area contributed by atoms with E-state index < -0.39 is 10.0 Å². The van der Waals surface area contributed by atoms with E-state index in [0.717, 1.165) is 25.8 Å². The SMILES string of the molecule is CCCNCCS(=O)(=O)N(CC)CC(CC)CC. The van der Waals surface area contributed by atoms with E-state index in [4.69, 9.17) is 0 Å². The van der Waals surface area contributed by atoms with Crippen LogP contribution in [0.3, 0.4) is 0 Å². The van der Waals surface area contributed by atoms with Crippen LogP contribution in [0.15, 0.2) is 0 Å². The fourth-order valence-electron chi connectivity index (χ4n) is 1.91. The van der Waals surface area contributed by atoms with Gasteiger partial charge >= 0.3 is 0 Å². The Morgan fingerprint density at radius 1 is 1.06 bits per heavy atom. The highest BCUT2D eigenvalue weighted by Crippen LogP contribution is 2.12. The van der Waals surface area contributed by atoms with Gasteiger partial charge in [0.25, 0.3) is 0 Å². The number of rotatable bonds is 11. The van der Waals surface area contributed by atoms with Crippen molar-refractivity contribution in [2.75, 3.05) is 31.9 Å². The van der Waals surface area contributed by atoms with Gasteiger partial charge in [-0.3, -0.25) is 0 Å². The first-order valence-corrected chi connectivity index (χ1v) is 8.81. The van der Waals surface area contributed by atoms with E-state index in [1.165, 1.54) is 0 Å². The molecule has 18 heavy (non-hydrogen) atoms. The van der Waals surface area contributed by atoms with E-state index >= 15 is 0 Å². The maximum Gasteiger partial charge on any atom is 0.215 e. The molecule has 0 aliphatic rings. The fourth-order valence-corrected chi connectivity index (χ4v) is 3.40. The minimum absolute atomic E-state index is 0.209. The molecule has 0 saturated heterocycles. The molecule has 1 N–H and O–H groups in total. The summed E-state index contributed by atoms with van der Waals surface area (Å²) in [6.07, 6.45) is 3.11. The van der Waals surface area contributed by atoms with Gasteiger partial charge in [0, 0.05) is 19.6 Å². The van der Waals surface area contributed by atoms with Crippen LogP contribution < -0.4 is 5.32 Å². The molecule has 0 aliphatic carbocycles. The minimum Gasteiger partial charge on any atom is -0.316 e. The van der Waals surface area contributed by atoms with Gasteiger partial charge in [-0.15, -0.1) is 0 Å². The van der Waals surface area contributed by atoms with E-state index in [2.05, 4.69) is 26.1 Å². The summed E-state index contributed by atoms with van der Waals surface area (Å²) in [5, 5.41) is 3.15. The lowest BCUT2D eigenvalue weighted by Crippen LogP contribution is -2.39. The minimum atomic E-state index is -3.10. The van der Waals surface area contributed by atoms with Gasteiger partial charge in [0.05, 0.1) is 5.75 Å². The smallest absolute Gasteiger partial charge is 0.215 e. The highest BCUT2D eigenvalue weighted by molar-refractivity contribution is 7.89. The average molecular weight is 278 g/mol. The van der Waals surface area contributed by atoms with Gasteiger partial charge in [0.15, 0.2) is 0 Å². The van der Waals surface area contributed by atoms with Crippen LogP contribution in [-0.4, -0.2) is 44.7 Å². The first-order chi connectivity index (χ1) is 8.51. The van der Waals surface area contributed by atoms with Crippen LogP contribution in [-0.2, 0) is 10.0 Å². The topological polar surface area (TPSA) is 49.4 Å². The summed E-state index contributed by atoms with van der Waals surface area (Å²) in [7, 11) is -3.10. The first kappa shape index (κ1) is 17.9. The zero-order valence-corrected chi connectivity index (χ0v) is 13.2. The summed E-state index contributed by atoms with van der Waals surface area (Å²) < 4.78 is 26.0. The number of sulfonamides is 1. The largest absolute Gasteiger partial charge is 0.316 e. The van der Waals surface area contributed by atoms with Crippen LogP contribution in [0, 0.1) is 5.92 Å². The second-order valence-corrected chi connectivity index (χ2v) is 6.79. The molecule has 0 rings (SSSR count). The Kier molecular flexibility index (Phi) is 9.68. The van der Waals surface area contributed by atoms with Crippen molar-refractivity contribution in [2.24, 2.45) is 5.92 Å². The zero-order chi connectivity index (χ0) is 14.0. The normalized spacial score (nSPS) is 12.6. The molecule has 0 bridgehead atoms. The van der Waals surface area contributed by atoms with Crippen molar-refractivity contribution >= 4 is 10.0 Å². The second kappa shape index (κ2) is 9.75. The molecule has 0 amide bonds. The molecule has 0 atom stereocenters. The molecule has 110 valence electrons. The number of nitrogens with zero attached hydrogens (tertiary/aromatic N) is 1. The molecule has 0 radical (unpaired) electrons. The van der Waals surface area contributed by atoms with Gasteiger partial charge in [-0.2, -0.15) is 0 Å². The fraction of sp³-hybridized carbons (Fsp3) is 1.00. The molecule has 0 saturated carbocycles. The monoisotopic (exact) mass is 278 g/mol. The summed E-state index contributed by atoms with van der Waals surface area (Å²) in [6.45, 7) is 10.9. The Morgan fingerprint density at radius 3 is 2.11 bits per heavy atom. The zero-order valence-electron chi connectivity index (χ0n) is 12.4. The molecule has 0 fully saturated rings. The van der Waals surface area contributed by atoms with Crippen molar-refractivity contribution in [3.05, 3.63) is 0 Å². The van der Waals surface area contributed by atoms with Crippen LogP contribution in [0.5, 0.6) is 0 Å². The summed E-state index contributed by atoms with van der Waals surface area (Å²) in [4.78, 5) is 0. The molecule has 4 nitrogen and oxygen atoms in total. The molecule has 0 aromatic heterocycles. The van der Waals surface area contributed by atoms with Crippen LogP contribution in [0.1, 0.15) is 47.0 Å². The molecular weight excluding hydrogens is 248 g/mol. The Labute approximate surface area is 113 Å². The van der Waals surface area contributed by atoms with Crippen molar-refractivity contribution < 1.29 is 8.42 Å². The summed E-state index contributed by atoms with van der Waals surface area (Å²) in [5.74, 6) is 0.685. The lowest BCUT2D eigenvalue weighted by Gasteiger charge is -2.24. The maximum atomic E-state index is 12.2. The van der Waals surface area contributed by atoms with E-state index in [1.807, 2.05) is 6.92 Å². The highest BCUT2D eigenvalue weighted by atomic mass is 32.2. The Bertz CT molecular complexity index is 287. The third-order valence-electron chi connectivity index (χ3n) is 3.33. The van der Waals surface area contributed by atoms with Gasteiger partial charge in [0.1, 0.15) is 0 Å². The average Bonchev–Trinajstić information content (AvgIpc) is 2.36. The van der Waals surface area contributed by atoms with Crippen molar-refractivity contribution in [1.82, 2.24) is 9.62 Å². The molecular formula is C13H30N2O2S. The van der Waals surface area contributed by atoms with E-state index in [9.17, 15) is 8.42 Å². The van der Waals surface area contributed by atoms with Gasteiger partial charge in [-0.25, -0.2) is 12.7 Å². The van der Waals surface area contributed by atoms with Gasteiger partial charge in [-0.05, 0) is 18.9 Å². The van der Waals surface area contributed by atoms with Crippen LogP contribution in [0.25, 0.3) is 0 Å². The van der Waals surface area contributed by atoms with Crippen molar-refractivity contribution in [1.29, 1.82) is 0 Å². The molecule has 5 heteroatoms. The Morgan fingerprint density at radius 2 is 1.67 bits per heavy atom. The quantitative estimate of drug-likeness (QED) is 0.589. The second-order valence-electron chi connectivity index (χ2n) is 4.70. The molecule has 0 spiro atoms. The lowest BCUT2D eigenvalue weighted by atomic mass is 10.0. The molecule has 0 unspecified atom stereocenters. The number of hydrogen-bond acceptors (Lipinski definition) is 3. The highest BCUT2D eigenvalue weighted by Gasteiger charge is 2.22. The van der Waals surface area contributed by atoms with Crippen LogP contribution >= 0.6 is 0 Å². The van der Waals surface area contributed by atoms with E-state index in [-0.39, 0.29) is 5.75 Å². The van der Waals surface area contributed by atoms with Gasteiger partial charge in [0.2, 0.25) is 10.0 Å².